The summed E-state index contributed by atoms with van der Waals surface area (Å²) in [6, 6.07) is 2.97. The minimum Gasteiger partial charge on any atom is -0.369 e. The number of hydrogen-bond donors (Lipinski definition) is 2. The maximum absolute atomic E-state index is 12.6. The van der Waals surface area contributed by atoms with Crippen molar-refractivity contribution in [2.24, 2.45) is 21.7 Å². The van der Waals surface area contributed by atoms with E-state index < -0.39 is 11.6 Å². The Hall–Kier alpha value is -1.98. The minimum atomic E-state index is -0.684. The van der Waals surface area contributed by atoms with E-state index in [0.29, 0.717) is 0 Å². The van der Waals surface area contributed by atoms with E-state index in [1.807, 2.05) is 0 Å². The highest BCUT2D eigenvalue weighted by molar-refractivity contribution is 5.81. The normalized spacial score (nSPS) is 10.4. The lowest BCUT2D eigenvalue weighted by Gasteiger charge is -1.93. The highest BCUT2D eigenvalue weighted by Crippen LogP contribution is 2.05. The molecule has 0 bridgehead atoms. The molecule has 0 radical (unpaired) electrons. The molecule has 1 rings (SSSR count). The summed E-state index contributed by atoms with van der Waals surface area (Å²) in [6.07, 6.45) is 1.14. The molecule has 0 heterocycles. The standard InChI is InChI=1S/C8H8F2N4/c9-6-1-5(2-7(10)3-6)4-13-14-8(11)12/h1-4H,(H4,11,12,14). The lowest BCUT2D eigenvalue weighted by molar-refractivity contribution is 0.583. The fourth-order valence-corrected chi connectivity index (χ4v) is 0.812. The Labute approximate surface area is 78.9 Å². The van der Waals surface area contributed by atoms with Crippen molar-refractivity contribution in [1.82, 2.24) is 0 Å². The van der Waals surface area contributed by atoms with Crippen LogP contribution in [0.4, 0.5) is 8.78 Å². The first-order valence-corrected chi connectivity index (χ1v) is 3.66. The molecule has 0 aliphatic rings. The lowest BCUT2D eigenvalue weighted by atomic mass is 10.2. The molecule has 14 heavy (non-hydrogen) atoms. The van der Waals surface area contributed by atoms with Gasteiger partial charge in [-0.15, -0.1) is 5.10 Å². The van der Waals surface area contributed by atoms with E-state index >= 15 is 0 Å². The summed E-state index contributed by atoms with van der Waals surface area (Å²) in [7, 11) is 0. The number of rotatable bonds is 2. The third-order valence-corrected chi connectivity index (χ3v) is 1.26. The number of nitrogens with zero attached hydrogens (tertiary/aromatic N) is 2. The molecule has 4 N–H and O–H groups in total. The molecule has 0 aliphatic carbocycles. The summed E-state index contributed by atoms with van der Waals surface area (Å²) in [6.45, 7) is 0. The van der Waals surface area contributed by atoms with E-state index in [4.69, 9.17) is 11.5 Å². The zero-order chi connectivity index (χ0) is 10.6. The highest BCUT2D eigenvalue weighted by Gasteiger charge is 1.97. The van der Waals surface area contributed by atoms with Crippen LogP contribution in [0.15, 0.2) is 28.4 Å². The van der Waals surface area contributed by atoms with E-state index in [1.54, 1.807) is 0 Å². The predicted octanol–water partition coefficient (Wildman–Crippen LogP) is 0.572. The van der Waals surface area contributed by atoms with Gasteiger partial charge in [0.15, 0.2) is 0 Å². The second kappa shape index (κ2) is 4.31. The van der Waals surface area contributed by atoms with Gasteiger partial charge in [-0.05, 0) is 12.1 Å². The van der Waals surface area contributed by atoms with Gasteiger partial charge in [-0.1, -0.05) is 0 Å². The zero-order valence-electron chi connectivity index (χ0n) is 7.11. The Morgan fingerprint density at radius 3 is 2.21 bits per heavy atom. The first-order chi connectivity index (χ1) is 6.58. The van der Waals surface area contributed by atoms with Crippen molar-refractivity contribution in [3.8, 4) is 0 Å². The predicted molar refractivity (Wildman–Crippen MR) is 49.8 cm³/mol. The van der Waals surface area contributed by atoms with Crippen molar-refractivity contribution >= 4 is 12.2 Å². The molecule has 0 unspecified atom stereocenters. The molecular weight excluding hydrogens is 190 g/mol. The smallest absolute Gasteiger partial charge is 0.211 e. The van der Waals surface area contributed by atoms with E-state index in [2.05, 4.69) is 10.2 Å². The van der Waals surface area contributed by atoms with Crippen LogP contribution in [0, 0.1) is 11.6 Å². The van der Waals surface area contributed by atoms with Crippen LogP contribution in [0.3, 0.4) is 0 Å². The maximum atomic E-state index is 12.6. The number of hydrogen-bond acceptors (Lipinski definition) is 2. The molecule has 0 aromatic heterocycles. The van der Waals surface area contributed by atoms with Crippen molar-refractivity contribution in [3.63, 3.8) is 0 Å². The first kappa shape index (κ1) is 10.1. The van der Waals surface area contributed by atoms with Gasteiger partial charge in [-0.3, -0.25) is 0 Å². The van der Waals surface area contributed by atoms with Gasteiger partial charge in [-0.2, -0.15) is 5.10 Å². The second-order valence-corrected chi connectivity index (χ2v) is 2.47. The quantitative estimate of drug-likeness (QED) is 0.414. The average Bonchev–Trinajstić information content (AvgIpc) is 2.01. The number of guanidine groups is 1. The second-order valence-electron chi connectivity index (χ2n) is 2.47. The van der Waals surface area contributed by atoms with Crippen molar-refractivity contribution in [2.45, 2.75) is 0 Å². The fourth-order valence-electron chi connectivity index (χ4n) is 0.812. The molecule has 0 aliphatic heterocycles. The van der Waals surface area contributed by atoms with E-state index in [-0.39, 0.29) is 11.5 Å². The third kappa shape index (κ3) is 3.18. The molecule has 4 nitrogen and oxygen atoms in total. The van der Waals surface area contributed by atoms with E-state index in [0.717, 1.165) is 24.4 Å². The van der Waals surface area contributed by atoms with Crippen LogP contribution in [-0.4, -0.2) is 12.2 Å². The Balaban J connectivity index is 2.87. The monoisotopic (exact) mass is 198 g/mol. The summed E-state index contributed by atoms with van der Waals surface area (Å²) in [4.78, 5) is 0. The summed E-state index contributed by atoms with van der Waals surface area (Å²) in [5.41, 5.74) is 10.2. The summed E-state index contributed by atoms with van der Waals surface area (Å²) in [5.74, 6) is -1.59. The van der Waals surface area contributed by atoms with Crippen molar-refractivity contribution in [1.29, 1.82) is 0 Å². The van der Waals surface area contributed by atoms with Gasteiger partial charge >= 0.3 is 0 Å². The van der Waals surface area contributed by atoms with Crippen LogP contribution in [0.5, 0.6) is 0 Å². The van der Waals surface area contributed by atoms with Crippen LogP contribution in [-0.2, 0) is 0 Å². The molecular formula is C8H8F2N4. The largest absolute Gasteiger partial charge is 0.369 e. The van der Waals surface area contributed by atoms with Gasteiger partial charge in [0.1, 0.15) is 11.6 Å². The SMILES string of the molecule is NC(N)=NN=Cc1cc(F)cc(F)c1. The van der Waals surface area contributed by atoms with Crippen LogP contribution >= 0.6 is 0 Å². The van der Waals surface area contributed by atoms with Gasteiger partial charge in [0.25, 0.3) is 0 Å². The van der Waals surface area contributed by atoms with Gasteiger partial charge in [0.05, 0.1) is 6.21 Å². The van der Waals surface area contributed by atoms with Crippen molar-refractivity contribution in [2.75, 3.05) is 0 Å². The summed E-state index contributed by atoms with van der Waals surface area (Å²) >= 11 is 0. The fraction of sp³-hybridized carbons (Fsp3) is 0. The third-order valence-electron chi connectivity index (χ3n) is 1.26. The molecule has 74 valence electrons. The van der Waals surface area contributed by atoms with Crippen LogP contribution in [0.2, 0.25) is 0 Å². The van der Waals surface area contributed by atoms with Gasteiger partial charge in [0.2, 0.25) is 5.96 Å². The van der Waals surface area contributed by atoms with Crippen molar-refractivity contribution in [3.05, 3.63) is 35.4 Å². The van der Waals surface area contributed by atoms with Crippen LogP contribution < -0.4 is 11.5 Å². The first-order valence-electron chi connectivity index (χ1n) is 3.66. The molecule has 0 atom stereocenters. The molecule has 1 aromatic rings. The molecule has 1 aromatic carbocycles. The Morgan fingerprint density at radius 1 is 1.14 bits per heavy atom. The van der Waals surface area contributed by atoms with Gasteiger partial charge < -0.3 is 11.5 Å². The lowest BCUT2D eigenvalue weighted by Crippen LogP contribution is -2.21. The topological polar surface area (TPSA) is 76.8 Å². The zero-order valence-corrected chi connectivity index (χ0v) is 7.11. The Morgan fingerprint density at radius 2 is 1.71 bits per heavy atom. The van der Waals surface area contributed by atoms with Crippen molar-refractivity contribution < 1.29 is 8.78 Å². The Kier molecular flexibility index (Phi) is 3.11. The molecule has 6 heteroatoms. The molecule has 0 fully saturated rings. The highest BCUT2D eigenvalue weighted by atomic mass is 19.1. The molecule has 0 saturated heterocycles. The molecule has 0 spiro atoms. The molecule has 0 amide bonds. The number of nitrogens with two attached hydrogens (primary N) is 2. The molecule has 0 saturated carbocycles. The van der Waals surface area contributed by atoms with E-state index in [9.17, 15) is 8.78 Å². The van der Waals surface area contributed by atoms with Gasteiger partial charge in [-0.25, -0.2) is 8.78 Å². The maximum Gasteiger partial charge on any atom is 0.211 e. The average molecular weight is 198 g/mol. The minimum absolute atomic E-state index is 0.224. The summed E-state index contributed by atoms with van der Waals surface area (Å²) < 4.78 is 25.3. The van der Waals surface area contributed by atoms with Crippen LogP contribution in [0.1, 0.15) is 5.56 Å². The number of benzene rings is 1. The Bertz CT molecular complexity index is 363. The number of halogens is 2. The van der Waals surface area contributed by atoms with Crippen LogP contribution in [0.25, 0.3) is 0 Å². The van der Waals surface area contributed by atoms with E-state index in [1.165, 1.54) is 0 Å². The van der Waals surface area contributed by atoms with Gasteiger partial charge in [0, 0.05) is 11.6 Å². The summed E-state index contributed by atoms with van der Waals surface area (Å²) in [5, 5.41) is 6.68.